The van der Waals surface area contributed by atoms with Gasteiger partial charge < -0.3 is 29.5 Å². The molecular formula is C48H70N2O6. The molecule has 2 atom stereocenters. The molecule has 1 saturated heterocycles. The van der Waals surface area contributed by atoms with E-state index in [1.165, 1.54) is 70.6 Å². The first kappa shape index (κ1) is 44.8. The van der Waals surface area contributed by atoms with E-state index >= 15 is 0 Å². The fraction of sp³-hybridized carbons (Fsp3) is 0.583. The first-order valence-corrected chi connectivity index (χ1v) is 21.6. The van der Waals surface area contributed by atoms with E-state index in [4.69, 9.17) is 14.2 Å². The number of nitrogens with one attached hydrogen (secondary N) is 1. The van der Waals surface area contributed by atoms with Gasteiger partial charge in [0.15, 0.2) is 0 Å². The van der Waals surface area contributed by atoms with Gasteiger partial charge in [-0.1, -0.05) is 145 Å². The Bertz CT molecular complexity index is 1470. The number of hydrogen-bond acceptors (Lipinski definition) is 6. The van der Waals surface area contributed by atoms with Crippen LogP contribution in [0.15, 0.2) is 78.9 Å². The standard InChI is InChI=1S/C48H70N2O6/c1-4-5-6-7-8-9-10-11-12-13-14-15-20-25-46(52)49-35-22-17-21-26-47(53)50-37-43(51)36-42(50)38-56-48(39-23-18-16-19-24-39,40-27-31-44(54-2)32-28-40)41-29-33-45(55-3)34-30-41/h16,18-19,23-24,27-34,42-43,51H,4-15,17,20-22,25-26,35-38H2,1-3H3,(H,49,52)/t42-,43+/m0/s1. The second-order valence-electron chi connectivity index (χ2n) is 15.6. The lowest BCUT2D eigenvalue weighted by atomic mass is 9.80. The number of unbranched alkanes of at least 4 members (excludes halogenated alkanes) is 14. The molecule has 0 unspecified atom stereocenters. The Hall–Kier alpha value is -3.88. The quantitative estimate of drug-likeness (QED) is 0.0564. The van der Waals surface area contributed by atoms with Crippen LogP contribution in [0.2, 0.25) is 0 Å². The number of nitrogens with zero attached hydrogens (tertiary/aromatic N) is 1. The minimum absolute atomic E-state index is 0.0285. The minimum Gasteiger partial charge on any atom is -0.497 e. The van der Waals surface area contributed by atoms with Crippen molar-refractivity contribution in [3.8, 4) is 11.5 Å². The molecule has 1 aliphatic heterocycles. The van der Waals surface area contributed by atoms with Gasteiger partial charge in [-0.25, -0.2) is 0 Å². The Morgan fingerprint density at radius 1 is 0.661 bits per heavy atom. The molecule has 0 aliphatic carbocycles. The van der Waals surface area contributed by atoms with E-state index in [-0.39, 0.29) is 24.5 Å². The molecule has 4 rings (SSSR count). The van der Waals surface area contributed by atoms with Crippen LogP contribution in [0.1, 0.15) is 146 Å². The highest BCUT2D eigenvalue weighted by molar-refractivity contribution is 5.77. The normalized spacial score (nSPS) is 15.5. The number of likely N-dealkylation sites (tertiary alicyclic amines) is 1. The van der Waals surface area contributed by atoms with Crippen LogP contribution in [0, 0.1) is 0 Å². The van der Waals surface area contributed by atoms with Gasteiger partial charge in [0, 0.05) is 25.9 Å². The molecule has 0 saturated carbocycles. The smallest absolute Gasteiger partial charge is 0.222 e. The summed E-state index contributed by atoms with van der Waals surface area (Å²) in [6.07, 6.45) is 20.2. The molecule has 0 bridgehead atoms. The van der Waals surface area contributed by atoms with Crippen molar-refractivity contribution in [3.63, 3.8) is 0 Å². The number of hydrogen-bond donors (Lipinski definition) is 2. The van der Waals surface area contributed by atoms with Gasteiger partial charge in [0.25, 0.3) is 0 Å². The largest absolute Gasteiger partial charge is 0.497 e. The molecule has 2 N–H and O–H groups in total. The highest BCUT2D eigenvalue weighted by Gasteiger charge is 2.41. The van der Waals surface area contributed by atoms with Crippen LogP contribution in [-0.4, -0.2) is 67.9 Å². The third-order valence-electron chi connectivity index (χ3n) is 11.3. The summed E-state index contributed by atoms with van der Waals surface area (Å²) in [5, 5.41) is 13.8. The SMILES string of the molecule is CCCCCCCCCCCCCCCC(=O)NCCCCCC(=O)N1C[C@H](O)C[C@H]1COC(c1ccccc1)(c1ccc(OC)cc1)c1ccc(OC)cc1. The van der Waals surface area contributed by atoms with Crippen molar-refractivity contribution < 1.29 is 28.9 Å². The molecule has 8 heteroatoms. The molecule has 308 valence electrons. The first-order chi connectivity index (χ1) is 27.4. The number of rotatable bonds is 28. The average Bonchev–Trinajstić information content (AvgIpc) is 3.62. The van der Waals surface area contributed by atoms with Crippen LogP contribution >= 0.6 is 0 Å². The minimum atomic E-state index is -1.00. The van der Waals surface area contributed by atoms with Crippen molar-refractivity contribution in [1.82, 2.24) is 10.2 Å². The summed E-state index contributed by atoms with van der Waals surface area (Å²) >= 11 is 0. The van der Waals surface area contributed by atoms with E-state index < -0.39 is 11.7 Å². The zero-order valence-corrected chi connectivity index (χ0v) is 34.7. The van der Waals surface area contributed by atoms with Crippen LogP contribution < -0.4 is 14.8 Å². The predicted octanol–water partition coefficient (Wildman–Crippen LogP) is 10.1. The summed E-state index contributed by atoms with van der Waals surface area (Å²) in [4.78, 5) is 27.8. The summed E-state index contributed by atoms with van der Waals surface area (Å²) in [6, 6.07) is 25.6. The zero-order valence-electron chi connectivity index (χ0n) is 34.7. The van der Waals surface area contributed by atoms with Gasteiger partial charge in [-0.15, -0.1) is 0 Å². The van der Waals surface area contributed by atoms with Crippen molar-refractivity contribution >= 4 is 11.8 Å². The number of β-amino-alcohol motifs (C(OH)–C–C–N with tert-alkyl or cyclic N) is 1. The number of ether oxygens (including phenoxy) is 3. The van der Waals surface area contributed by atoms with Crippen LogP contribution in [0.4, 0.5) is 0 Å². The van der Waals surface area contributed by atoms with Crippen LogP contribution in [0.5, 0.6) is 11.5 Å². The topological polar surface area (TPSA) is 97.3 Å². The van der Waals surface area contributed by atoms with Crippen LogP contribution in [0.3, 0.4) is 0 Å². The fourth-order valence-corrected chi connectivity index (χ4v) is 7.99. The average molecular weight is 771 g/mol. The Morgan fingerprint density at radius 3 is 1.68 bits per heavy atom. The fourth-order valence-electron chi connectivity index (χ4n) is 7.99. The highest BCUT2D eigenvalue weighted by atomic mass is 16.5. The molecule has 56 heavy (non-hydrogen) atoms. The highest BCUT2D eigenvalue weighted by Crippen LogP contribution is 2.42. The zero-order chi connectivity index (χ0) is 39.9. The predicted molar refractivity (Wildman–Crippen MR) is 226 cm³/mol. The van der Waals surface area contributed by atoms with E-state index in [1.807, 2.05) is 66.7 Å². The van der Waals surface area contributed by atoms with E-state index in [9.17, 15) is 14.7 Å². The van der Waals surface area contributed by atoms with Gasteiger partial charge >= 0.3 is 0 Å². The number of carbonyl (C=O) groups excluding carboxylic acids is 2. The lowest BCUT2D eigenvalue weighted by Crippen LogP contribution is -2.42. The van der Waals surface area contributed by atoms with Crippen molar-refractivity contribution in [2.75, 3.05) is 33.9 Å². The van der Waals surface area contributed by atoms with Gasteiger partial charge in [0.1, 0.15) is 17.1 Å². The van der Waals surface area contributed by atoms with E-state index in [0.717, 1.165) is 60.3 Å². The number of carbonyl (C=O) groups is 2. The van der Waals surface area contributed by atoms with Gasteiger partial charge in [0.05, 0.1) is 33.0 Å². The summed E-state index contributed by atoms with van der Waals surface area (Å²) < 4.78 is 18.0. The van der Waals surface area contributed by atoms with Crippen LogP contribution in [-0.2, 0) is 19.9 Å². The van der Waals surface area contributed by atoms with Gasteiger partial charge in [-0.2, -0.15) is 0 Å². The molecule has 2 amide bonds. The van der Waals surface area contributed by atoms with E-state index in [0.29, 0.717) is 32.4 Å². The Labute approximate surface area is 337 Å². The van der Waals surface area contributed by atoms with E-state index in [1.54, 1.807) is 19.1 Å². The monoisotopic (exact) mass is 771 g/mol. The maximum absolute atomic E-state index is 13.6. The molecule has 0 aromatic heterocycles. The van der Waals surface area contributed by atoms with E-state index in [2.05, 4.69) is 24.4 Å². The van der Waals surface area contributed by atoms with Crippen molar-refractivity contribution in [3.05, 3.63) is 95.6 Å². The summed E-state index contributed by atoms with van der Waals surface area (Å²) in [5.41, 5.74) is 1.78. The van der Waals surface area contributed by atoms with Crippen molar-refractivity contribution in [1.29, 1.82) is 0 Å². The third-order valence-corrected chi connectivity index (χ3v) is 11.3. The number of amides is 2. The van der Waals surface area contributed by atoms with Gasteiger partial charge in [0.2, 0.25) is 11.8 Å². The van der Waals surface area contributed by atoms with Crippen LogP contribution in [0.25, 0.3) is 0 Å². The lowest BCUT2D eigenvalue weighted by molar-refractivity contribution is -0.134. The Kier molecular flexibility index (Phi) is 20.3. The number of methoxy groups -OCH3 is 2. The summed E-state index contributed by atoms with van der Waals surface area (Å²) in [5.74, 6) is 1.65. The second-order valence-corrected chi connectivity index (χ2v) is 15.6. The van der Waals surface area contributed by atoms with Crippen molar-refractivity contribution in [2.24, 2.45) is 0 Å². The molecule has 8 nitrogen and oxygen atoms in total. The molecule has 3 aromatic carbocycles. The third kappa shape index (κ3) is 14.3. The summed E-state index contributed by atoms with van der Waals surface area (Å²) in [7, 11) is 3.30. The lowest BCUT2D eigenvalue weighted by Gasteiger charge is -2.38. The molecule has 3 aromatic rings. The molecule has 1 heterocycles. The Morgan fingerprint density at radius 2 is 1.14 bits per heavy atom. The van der Waals surface area contributed by atoms with Crippen molar-refractivity contribution in [2.45, 2.75) is 147 Å². The molecule has 1 aliphatic rings. The maximum Gasteiger partial charge on any atom is 0.222 e. The summed E-state index contributed by atoms with van der Waals surface area (Å²) in [6.45, 7) is 3.44. The molecule has 0 spiro atoms. The maximum atomic E-state index is 13.6. The Balaban J connectivity index is 1.21. The number of benzene rings is 3. The first-order valence-electron chi connectivity index (χ1n) is 21.6. The number of aliphatic hydroxyl groups excluding tert-OH is 1. The second kappa shape index (κ2) is 25.4. The molecular weight excluding hydrogens is 701 g/mol. The number of aliphatic hydroxyl groups is 1. The van der Waals surface area contributed by atoms with Gasteiger partial charge in [-0.3, -0.25) is 9.59 Å². The molecule has 0 radical (unpaired) electrons. The molecule has 1 fully saturated rings. The van der Waals surface area contributed by atoms with Gasteiger partial charge in [-0.05, 0) is 66.6 Å².